The lowest BCUT2D eigenvalue weighted by molar-refractivity contribution is -0.113. The first-order chi connectivity index (χ1) is 13.7. The number of phenolic OH excluding ortho intramolecular Hbond substituents is 1. The summed E-state index contributed by atoms with van der Waals surface area (Å²) in [7, 11) is 1.61. The molecule has 0 spiro atoms. The minimum Gasteiger partial charge on any atom is -0.508 e. The van der Waals surface area contributed by atoms with E-state index in [4.69, 9.17) is 4.74 Å². The van der Waals surface area contributed by atoms with Crippen molar-refractivity contribution in [3.05, 3.63) is 95.7 Å². The fourth-order valence-corrected chi connectivity index (χ4v) is 3.00. The average Bonchev–Trinajstić information content (AvgIpc) is 3.06. The first kappa shape index (κ1) is 17.5. The highest BCUT2D eigenvalue weighted by atomic mass is 16.5. The number of carbonyl (C=O) groups excluding carboxylic acids is 1. The van der Waals surface area contributed by atoms with Crippen molar-refractivity contribution in [1.82, 2.24) is 0 Å². The van der Waals surface area contributed by atoms with Crippen LogP contribution in [0.3, 0.4) is 0 Å². The Balaban J connectivity index is 1.78. The first-order valence-corrected chi connectivity index (χ1v) is 8.79. The van der Waals surface area contributed by atoms with Crippen LogP contribution in [0.25, 0.3) is 6.08 Å². The summed E-state index contributed by atoms with van der Waals surface area (Å²) < 4.78 is 5.18. The van der Waals surface area contributed by atoms with E-state index in [1.807, 2.05) is 54.6 Å². The van der Waals surface area contributed by atoms with E-state index in [0.29, 0.717) is 17.2 Å². The number of amides is 1. The number of methoxy groups -OCH3 is 1. The molecule has 0 atom stereocenters. The van der Waals surface area contributed by atoms with Crippen LogP contribution in [0.1, 0.15) is 11.1 Å². The molecule has 1 amide bonds. The van der Waals surface area contributed by atoms with Gasteiger partial charge in [0.1, 0.15) is 23.0 Å². The minimum atomic E-state index is -0.222. The van der Waals surface area contributed by atoms with Crippen LogP contribution < -0.4 is 9.64 Å². The monoisotopic (exact) mass is 370 g/mol. The molecule has 138 valence electrons. The van der Waals surface area contributed by atoms with E-state index in [0.717, 1.165) is 16.9 Å². The number of phenols is 1. The maximum atomic E-state index is 13.2. The van der Waals surface area contributed by atoms with E-state index in [1.54, 1.807) is 42.4 Å². The molecule has 0 radical (unpaired) electrons. The summed E-state index contributed by atoms with van der Waals surface area (Å²) in [5.41, 5.74) is 2.68. The van der Waals surface area contributed by atoms with Crippen LogP contribution in [0, 0.1) is 0 Å². The van der Waals surface area contributed by atoms with Crippen molar-refractivity contribution in [2.75, 3.05) is 12.0 Å². The van der Waals surface area contributed by atoms with Gasteiger partial charge in [0, 0.05) is 5.56 Å². The molecule has 0 saturated carbocycles. The van der Waals surface area contributed by atoms with E-state index in [-0.39, 0.29) is 11.7 Å². The number of carbonyl (C=O) groups is 1. The molecule has 5 nitrogen and oxygen atoms in total. The largest absolute Gasteiger partial charge is 0.508 e. The maximum absolute atomic E-state index is 13.2. The molecular formula is C23H18N2O3. The van der Waals surface area contributed by atoms with E-state index in [2.05, 4.69) is 4.99 Å². The van der Waals surface area contributed by atoms with Crippen molar-refractivity contribution in [2.24, 2.45) is 4.99 Å². The van der Waals surface area contributed by atoms with E-state index >= 15 is 0 Å². The van der Waals surface area contributed by atoms with Crippen molar-refractivity contribution in [3.8, 4) is 11.5 Å². The molecule has 3 aromatic rings. The normalized spacial score (nSPS) is 15.0. The Labute approximate surface area is 162 Å². The highest BCUT2D eigenvalue weighted by molar-refractivity contribution is 6.33. The fraction of sp³-hybridized carbons (Fsp3) is 0.0435. The van der Waals surface area contributed by atoms with Gasteiger partial charge < -0.3 is 9.84 Å². The number of hydrogen-bond acceptors (Lipinski definition) is 4. The highest BCUT2D eigenvalue weighted by Gasteiger charge is 2.32. The number of nitrogens with zero attached hydrogens (tertiary/aromatic N) is 2. The predicted molar refractivity (Wildman–Crippen MR) is 110 cm³/mol. The van der Waals surface area contributed by atoms with Gasteiger partial charge in [-0.3, -0.25) is 9.69 Å². The summed E-state index contributed by atoms with van der Waals surface area (Å²) in [5.74, 6) is 1.22. The zero-order valence-corrected chi connectivity index (χ0v) is 15.2. The van der Waals surface area contributed by atoms with Crippen molar-refractivity contribution >= 4 is 23.5 Å². The standard InChI is InChI=1S/C23H18N2O3/c1-28-20-13-7-16(8-14-20)15-21-23(27)25(18-9-11-19(26)12-10-18)22(24-21)17-5-3-2-4-6-17/h2-15,26H,1H3. The number of hydrogen-bond donors (Lipinski definition) is 1. The molecule has 1 N–H and O–H groups in total. The van der Waals surface area contributed by atoms with Crippen LogP contribution in [0.2, 0.25) is 0 Å². The molecule has 5 heteroatoms. The molecule has 28 heavy (non-hydrogen) atoms. The molecule has 1 aliphatic heterocycles. The van der Waals surface area contributed by atoms with Gasteiger partial charge in [-0.05, 0) is 48.0 Å². The maximum Gasteiger partial charge on any atom is 0.282 e. The number of aromatic hydroxyl groups is 1. The van der Waals surface area contributed by atoms with Crippen LogP contribution in [0.5, 0.6) is 11.5 Å². The summed E-state index contributed by atoms with van der Waals surface area (Å²) in [4.78, 5) is 19.3. The fourth-order valence-electron chi connectivity index (χ4n) is 3.00. The lowest BCUT2D eigenvalue weighted by Crippen LogP contribution is -2.32. The lowest BCUT2D eigenvalue weighted by atomic mass is 10.1. The van der Waals surface area contributed by atoms with Crippen LogP contribution in [-0.2, 0) is 4.79 Å². The van der Waals surface area contributed by atoms with Gasteiger partial charge in [0.05, 0.1) is 12.8 Å². The second-order valence-corrected chi connectivity index (χ2v) is 6.26. The van der Waals surface area contributed by atoms with Crippen molar-refractivity contribution in [1.29, 1.82) is 0 Å². The summed E-state index contributed by atoms with van der Waals surface area (Å²) in [6.07, 6.45) is 1.76. The third kappa shape index (κ3) is 3.38. The topological polar surface area (TPSA) is 62.1 Å². The molecule has 1 aliphatic rings. The van der Waals surface area contributed by atoms with Gasteiger partial charge in [0.2, 0.25) is 0 Å². The highest BCUT2D eigenvalue weighted by Crippen LogP contribution is 2.29. The Bertz CT molecular complexity index is 1050. The predicted octanol–water partition coefficient (Wildman–Crippen LogP) is 4.24. The molecule has 3 aromatic carbocycles. The van der Waals surface area contributed by atoms with Gasteiger partial charge in [-0.15, -0.1) is 0 Å². The molecule has 0 bridgehead atoms. The zero-order chi connectivity index (χ0) is 19.5. The molecule has 1 heterocycles. The number of ether oxygens (including phenoxy) is 1. The number of rotatable bonds is 4. The molecule has 0 unspecified atom stereocenters. The first-order valence-electron chi connectivity index (χ1n) is 8.79. The van der Waals surface area contributed by atoms with Gasteiger partial charge in [-0.2, -0.15) is 0 Å². The van der Waals surface area contributed by atoms with Crippen molar-refractivity contribution in [3.63, 3.8) is 0 Å². The van der Waals surface area contributed by atoms with Crippen LogP contribution in [-0.4, -0.2) is 24.0 Å². The van der Waals surface area contributed by atoms with E-state index in [1.165, 1.54) is 0 Å². The third-order valence-electron chi connectivity index (χ3n) is 4.42. The lowest BCUT2D eigenvalue weighted by Gasteiger charge is -2.18. The molecule has 0 aromatic heterocycles. The average molecular weight is 370 g/mol. The number of anilines is 1. The van der Waals surface area contributed by atoms with Crippen LogP contribution in [0.4, 0.5) is 5.69 Å². The second kappa shape index (κ2) is 7.40. The van der Waals surface area contributed by atoms with Crippen molar-refractivity contribution < 1.29 is 14.6 Å². The number of aliphatic imine (C=N–C) groups is 1. The van der Waals surface area contributed by atoms with Crippen LogP contribution >= 0.6 is 0 Å². The Morgan fingerprint density at radius 1 is 0.929 bits per heavy atom. The van der Waals surface area contributed by atoms with E-state index in [9.17, 15) is 9.90 Å². The number of benzene rings is 3. The quantitative estimate of drug-likeness (QED) is 0.699. The summed E-state index contributed by atoms with van der Waals surface area (Å²) >= 11 is 0. The SMILES string of the molecule is COc1ccc(C=C2N=C(c3ccccc3)N(c3ccc(O)cc3)C2=O)cc1. The zero-order valence-electron chi connectivity index (χ0n) is 15.2. The Morgan fingerprint density at radius 3 is 2.25 bits per heavy atom. The molecule has 4 rings (SSSR count). The summed E-state index contributed by atoms with van der Waals surface area (Å²) in [6, 6.07) is 23.5. The third-order valence-corrected chi connectivity index (χ3v) is 4.42. The number of amidine groups is 1. The summed E-state index contributed by atoms with van der Waals surface area (Å²) in [5, 5.41) is 9.58. The molecule has 0 fully saturated rings. The van der Waals surface area contributed by atoms with Gasteiger partial charge in [0.15, 0.2) is 0 Å². The Hall–Kier alpha value is -3.86. The van der Waals surface area contributed by atoms with Gasteiger partial charge in [0.25, 0.3) is 5.91 Å². The molecule has 0 saturated heterocycles. The smallest absolute Gasteiger partial charge is 0.282 e. The van der Waals surface area contributed by atoms with Gasteiger partial charge in [-0.1, -0.05) is 42.5 Å². The minimum absolute atomic E-state index is 0.141. The molecule has 0 aliphatic carbocycles. The molecular weight excluding hydrogens is 352 g/mol. The second-order valence-electron chi connectivity index (χ2n) is 6.26. The van der Waals surface area contributed by atoms with Gasteiger partial charge in [-0.25, -0.2) is 4.99 Å². The van der Waals surface area contributed by atoms with Crippen molar-refractivity contribution in [2.45, 2.75) is 0 Å². The van der Waals surface area contributed by atoms with E-state index < -0.39 is 0 Å². The Kier molecular flexibility index (Phi) is 4.64. The van der Waals surface area contributed by atoms with Crippen LogP contribution in [0.15, 0.2) is 89.6 Å². The Morgan fingerprint density at radius 2 is 1.61 bits per heavy atom. The van der Waals surface area contributed by atoms with Gasteiger partial charge >= 0.3 is 0 Å². The summed E-state index contributed by atoms with van der Waals surface area (Å²) in [6.45, 7) is 0.